The summed E-state index contributed by atoms with van der Waals surface area (Å²) in [4.78, 5) is 2.40. The Hall–Kier alpha value is -1.16. The molecule has 1 aliphatic heterocycles. The minimum absolute atomic E-state index is 0.765. The summed E-state index contributed by atoms with van der Waals surface area (Å²) in [5.41, 5.74) is 2.23. The van der Waals surface area contributed by atoms with E-state index in [4.69, 9.17) is 11.6 Å². The number of nitrogens with one attached hydrogen (secondary N) is 1. The second-order valence-electron chi connectivity index (χ2n) is 4.65. The summed E-state index contributed by atoms with van der Waals surface area (Å²) in [6, 6.07) is 16.5. The predicted molar refractivity (Wildman–Crippen MR) is 90.5 cm³/mol. The molecule has 0 unspecified atom stereocenters. The van der Waals surface area contributed by atoms with Gasteiger partial charge in [0, 0.05) is 19.3 Å². The molecule has 4 rings (SSSR count). The second-order valence-corrected chi connectivity index (χ2v) is 6.99. The van der Waals surface area contributed by atoms with Crippen LogP contribution in [0.3, 0.4) is 0 Å². The molecular formula is C16H9BrClNS. The molecule has 1 nitrogen and oxygen atoms in total. The molecule has 0 aromatic heterocycles. The van der Waals surface area contributed by atoms with Gasteiger partial charge in [-0.05, 0) is 51.0 Å². The fourth-order valence-electron chi connectivity index (χ4n) is 2.43. The Kier molecular flexibility index (Phi) is 2.95. The Morgan fingerprint density at radius 3 is 2.80 bits per heavy atom. The topological polar surface area (TPSA) is 12.0 Å². The highest BCUT2D eigenvalue weighted by Gasteiger charge is 2.20. The molecule has 3 aromatic rings. The summed E-state index contributed by atoms with van der Waals surface area (Å²) in [6.07, 6.45) is 0. The number of hydrogen-bond donors (Lipinski definition) is 1. The zero-order valence-corrected chi connectivity index (χ0v) is 13.4. The van der Waals surface area contributed by atoms with E-state index in [2.05, 4.69) is 51.6 Å². The third-order valence-electron chi connectivity index (χ3n) is 3.37. The zero-order valence-electron chi connectivity index (χ0n) is 10.3. The van der Waals surface area contributed by atoms with Crippen molar-refractivity contribution in [1.82, 2.24) is 0 Å². The van der Waals surface area contributed by atoms with Gasteiger partial charge in [0.2, 0.25) is 0 Å². The minimum atomic E-state index is 0.765. The Bertz CT molecular complexity index is 847. The highest BCUT2D eigenvalue weighted by atomic mass is 79.9. The highest BCUT2D eigenvalue weighted by Crippen LogP contribution is 2.50. The molecule has 0 saturated carbocycles. The lowest BCUT2D eigenvalue weighted by atomic mass is 10.1. The lowest BCUT2D eigenvalue weighted by molar-refractivity contribution is 1.33. The van der Waals surface area contributed by atoms with Crippen molar-refractivity contribution in [1.29, 1.82) is 0 Å². The van der Waals surface area contributed by atoms with Gasteiger partial charge >= 0.3 is 0 Å². The van der Waals surface area contributed by atoms with Gasteiger partial charge in [0.15, 0.2) is 0 Å². The van der Waals surface area contributed by atoms with Crippen LogP contribution in [-0.4, -0.2) is 0 Å². The maximum atomic E-state index is 6.10. The molecule has 4 heteroatoms. The van der Waals surface area contributed by atoms with Crippen LogP contribution in [0, 0.1) is 0 Å². The molecule has 1 N–H and O–H groups in total. The number of hydrogen-bond acceptors (Lipinski definition) is 2. The van der Waals surface area contributed by atoms with Crippen molar-refractivity contribution in [2.45, 2.75) is 9.79 Å². The summed E-state index contributed by atoms with van der Waals surface area (Å²) in [5.74, 6) is 0. The van der Waals surface area contributed by atoms with Crippen molar-refractivity contribution >= 4 is 61.4 Å². The van der Waals surface area contributed by atoms with E-state index in [-0.39, 0.29) is 0 Å². The average molecular weight is 363 g/mol. The molecule has 0 bridgehead atoms. The number of rotatable bonds is 0. The van der Waals surface area contributed by atoms with Crippen LogP contribution in [0.2, 0.25) is 5.02 Å². The lowest BCUT2D eigenvalue weighted by Gasteiger charge is -2.23. The molecule has 1 aliphatic rings. The lowest BCUT2D eigenvalue weighted by Crippen LogP contribution is -2.01. The van der Waals surface area contributed by atoms with Gasteiger partial charge in [0.05, 0.1) is 11.4 Å². The minimum Gasteiger partial charge on any atom is -0.353 e. The van der Waals surface area contributed by atoms with Crippen LogP contribution in [0.25, 0.3) is 10.8 Å². The monoisotopic (exact) mass is 361 g/mol. The van der Waals surface area contributed by atoms with Crippen LogP contribution in [0.1, 0.15) is 0 Å². The third kappa shape index (κ3) is 1.93. The average Bonchev–Trinajstić information content (AvgIpc) is 2.46. The van der Waals surface area contributed by atoms with E-state index in [9.17, 15) is 0 Å². The summed E-state index contributed by atoms with van der Waals surface area (Å²) in [7, 11) is 0. The molecule has 0 fully saturated rings. The van der Waals surface area contributed by atoms with E-state index in [0.717, 1.165) is 25.8 Å². The Balaban J connectivity index is 1.99. The van der Waals surface area contributed by atoms with Gasteiger partial charge in [0.1, 0.15) is 0 Å². The third-order valence-corrected chi connectivity index (χ3v) is 5.42. The van der Waals surface area contributed by atoms with Gasteiger partial charge in [-0.1, -0.05) is 47.6 Å². The van der Waals surface area contributed by atoms with Gasteiger partial charge in [0.25, 0.3) is 0 Å². The van der Waals surface area contributed by atoms with Crippen molar-refractivity contribution in [3.05, 3.63) is 58.0 Å². The molecule has 0 aliphatic carbocycles. The number of fused-ring (bicyclic) bond motifs is 4. The summed E-state index contributed by atoms with van der Waals surface area (Å²) >= 11 is 11.5. The summed E-state index contributed by atoms with van der Waals surface area (Å²) in [6.45, 7) is 0. The molecule has 0 spiro atoms. The number of halogens is 2. The van der Waals surface area contributed by atoms with Crippen molar-refractivity contribution < 1.29 is 0 Å². The maximum absolute atomic E-state index is 6.10. The first-order valence-corrected chi connectivity index (χ1v) is 8.17. The molecule has 98 valence electrons. The standard InChI is InChI=1S/C16H9BrClNS/c17-12-7-9-3-1-2-4-11(9)16-15(12)19-13-6-5-10(18)8-14(13)20-16/h1-8,19H. The SMILES string of the molecule is Clc1ccc2c(c1)Sc1c(c(Br)cc3ccccc13)N2. The van der Waals surface area contributed by atoms with Gasteiger partial charge in [-0.3, -0.25) is 0 Å². The smallest absolute Gasteiger partial charge is 0.0677 e. The molecule has 0 radical (unpaired) electrons. The first kappa shape index (κ1) is 12.6. The maximum Gasteiger partial charge on any atom is 0.0677 e. The van der Waals surface area contributed by atoms with Crippen LogP contribution in [0.4, 0.5) is 11.4 Å². The number of benzene rings is 3. The van der Waals surface area contributed by atoms with Crippen LogP contribution in [-0.2, 0) is 0 Å². The predicted octanol–water partition coefficient (Wildman–Crippen LogP) is 6.46. The fourth-order valence-corrected chi connectivity index (χ4v) is 4.54. The summed E-state index contributed by atoms with van der Waals surface area (Å²) in [5, 5.41) is 6.76. The zero-order chi connectivity index (χ0) is 13.7. The summed E-state index contributed by atoms with van der Waals surface area (Å²) < 4.78 is 1.08. The quantitative estimate of drug-likeness (QED) is 0.385. The molecule has 0 saturated heterocycles. The first-order chi connectivity index (χ1) is 9.72. The van der Waals surface area contributed by atoms with Crippen molar-refractivity contribution in [2.24, 2.45) is 0 Å². The van der Waals surface area contributed by atoms with Crippen LogP contribution < -0.4 is 5.32 Å². The normalized spacial score (nSPS) is 12.7. The van der Waals surface area contributed by atoms with Gasteiger partial charge in [-0.15, -0.1) is 0 Å². The molecule has 20 heavy (non-hydrogen) atoms. The second kappa shape index (κ2) is 4.69. The molecule has 0 amide bonds. The van der Waals surface area contributed by atoms with E-state index in [1.165, 1.54) is 15.7 Å². The van der Waals surface area contributed by atoms with Gasteiger partial charge in [-0.2, -0.15) is 0 Å². The van der Waals surface area contributed by atoms with Crippen LogP contribution in [0.5, 0.6) is 0 Å². The van der Waals surface area contributed by atoms with Crippen molar-refractivity contribution in [3.8, 4) is 0 Å². The molecule has 3 aromatic carbocycles. The first-order valence-electron chi connectivity index (χ1n) is 6.18. The van der Waals surface area contributed by atoms with E-state index in [0.29, 0.717) is 0 Å². The molecule has 1 heterocycles. The van der Waals surface area contributed by atoms with E-state index in [1.54, 1.807) is 11.8 Å². The number of anilines is 2. The van der Waals surface area contributed by atoms with Gasteiger partial charge in [-0.25, -0.2) is 0 Å². The molecule has 0 atom stereocenters. The molecular weight excluding hydrogens is 354 g/mol. The largest absolute Gasteiger partial charge is 0.353 e. The van der Waals surface area contributed by atoms with Crippen molar-refractivity contribution in [3.63, 3.8) is 0 Å². The Morgan fingerprint density at radius 1 is 1.05 bits per heavy atom. The van der Waals surface area contributed by atoms with E-state index < -0.39 is 0 Å². The van der Waals surface area contributed by atoms with Gasteiger partial charge < -0.3 is 5.32 Å². The highest BCUT2D eigenvalue weighted by molar-refractivity contribution is 9.10. The van der Waals surface area contributed by atoms with Crippen LogP contribution in [0.15, 0.2) is 62.8 Å². The van der Waals surface area contributed by atoms with E-state index >= 15 is 0 Å². The Labute approximate surface area is 134 Å². The Morgan fingerprint density at radius 2 is 1.90 bits per heavy atom. The van der Waals surface area contributed by atoms with Crippen LogP contribution >= 0.6 is 39.3 Å². The van der Waals surface area contributed by atoms with E-state index in [1.807, 2.05) is 18.2 Å². The van der Waals surface area contributed by atoms with Crippen molar-refractivity contribution in [2.75, 3.05) is 5.32 Å². The fraction of sp³-hybridized carbons (Fsp3) is 0.